The average molecular weight is 394 g/mol. The summed E-state index contributed by atoms with van der Waals surface area (Å²) in [7, 11) is 0. The zero-order valence-corrected chi connectivity index (χ0v) is 16.4. The van der Waals surface area contributed by atoms with Crippen LogP contribution in [0.2, 0.25) is 0 Å². The highest BCUT2D eigenvalue weighted by molar-refractivity contribution is 6.05. The number of morpholine rings is 1. The van der Waals surface area contributed by atoms with Gasteiger partial charge in [0.15, 0.2) is 5.69 Å². The van der Waals surface area contributed by atoms with E-state index in [9.17, 15) is 4.79 Å². The van der Waals surface area contributed by atoms with Crippen molar-refractivity contribution in [3.8, 4) is 0 Å². The Balaban J connectivity index is 1.28. The highest BCUT2D eigenvalue weighted by Crippen LogP contribution is 2.22. The molecule has 0 aliphatic carbocycles. The van der Waals surface area contributed by atoms with Gasteiger partial charge in [0.25, 0.3) is 5.91 Å². The molecular weight excluding hydrogens is 368 g/mol. The molecule has 1 fully saturated rings. The first-order valence-electron chi connectivity index (χ1n) is 10.2. The van der Waals surface area contributed by atoms with Gasteiger partial charge in [-0.15, -0.1) is 0 Å². The third kappa shape index (κ3) is 3.78. The van der Waals surface area contributed by atoms with Crippen molar-refractivity contribution in [1.82, 2.24) is 25.0 Å². The molecule has 8 heteroatoms. The van der Waals surface area contributed by atoms with E-state index in [1.165, 1.54) is 5.52 Å². The molecule has 0 radical (unpaired) electrons. The summed E-state index contributed by atoms with van der Waals surface area (Å²) >= 11 is 0. The fourth-order valence-electron chi connectivity index (χ4n) is 4.15. The van der Waals surface area contributed by atoms with Gasteiger partial charge in [-0.2, -0.15) is 5.10 Å². The predicted octanol–water partition coefficient (Wildman–Crippen LogP) is 1.59. The van der Waals surface area contributed by atoms with Gasteiger partial charge in [0.2, 0.25) is 0 Å². The number of anilines is 1. The average Bonchev–Trinajstić information content (AvgIpc) is 3.37. The SMILES string of the molecule is O=C(Nc1ccc2c(ccn2CCN2CCOCC2)c1)c1n[nH]c2c1CNCC2. The van der Waals surface area contributed by atoms with Crippen molar-refractivity contribution < 1.29 is 9.53 Å². The standard InChI is InChI=1S/C21H26N6O2/c28-21(20-17-14-22-5-3-18(17)24-25-20)23-16-1-2-19-15(13-16)4-6-27(19)8-7-26-9-11-29-12-10-26/h1-2,4,6,13,22H,3,5,7-12,14H2,(H,23,28)(H,24,25). The first kappa shape index (κ1) is 18.4. The van der Waals surface area contributed by atoms with Crippen LogP contribution in [-0.2, 0) is 24.2 Å². The molecule has 4 heterocycles. The molecule has 0 spiro atoms. The Morgan fingerprint density at radius 1 is 1.21 bits per heavy atom. The summed E-state index contributed by atoms with van der Waals surface area (Å²) in [4.78, 5) is 15.2. The van der Waals surface area contributed by atoms with E-state index in [0.717, 1.165) is 74.7 Å². The highest BCUT2D eigenvalue weighted by atomic mass is 16.5. The maximum atomic E-state index is 12.7. The van der Waals surface area contributed by atoms with Crippen molar-refractivity contribution in [2.75, 3.05) is 44.7 Å². The van der Waals surface area contributed by atoms with E-state index in [1.54, 1.807) is 0 Å². The predicted molar refractivity (Wildman–Crippen MR) is 111 cm³/mol. The van der Waals surface area contributed by atoms with E-state index in [1.807, 2.05) is 12.1 Å². The van der Waals surface area contributed by atoms with Gasteiger partial charge in [-0.1, -0.05) is 0 Å². The molecule has 2 aliphatic heterocycles. The van der Waals surface area contributed by atoms with E-state index >= 15 is 0 Å². The summed E-state index contributed by atoms with van der Waals surface area (Å²) in [6.07, 6.45) is 2.99. The van der Waals surface area contributed by atoms with Gasteiger partial charge >= 0.3 is 0 Å². The van der Waals surface area contributed by atoms with Crippen LogP contribution in [-0.4, -0.2) is 65.0 Å². The van der Waals surface area contributed by atoms with Gasteiger partial charge in [-0.3, -0.25) is 14.8 Å². The van der Waals surface area contributed by atoms with Crippen LogP contribution in [0, 0.1) is 0 Å². The van der Waals surface area contributed by atoms with Gasteiger partial charge in [0.1, 0.15) is 0 Å². The van der Waals surface area contributed by atoms with E-state index < -0.39 is 0 Å². The quantitative estimate of drug-likeness (QED) is 0.612. The Labute approximate surface area is 169 Å². The lowest BCUT2D eigenvalue weighted by molar-refractivity contribution is 0.0365. The number of aromatic amines is 1. The molecule has 1 amide bonds. The number of hydrogen-bond acceptors (Lipinski definition) is 5. The number of aromatic nitrogens is 3. The number of rotatable bonds is 5. The fraction of sp³-hybridized carbons (Fsp3) is 0.429. The van der Waals surface area contributed by atoms with Crippen molar-refractivity contribution >= 4 is 22.5 Å². The largest absolute Gasteiger partial charge is 0.379 e. The number of carbonyl (C=O) groups is 1. The molecule has 2 aliphatic rings. The molecule has 0 atom stereocenters. The zero-order valence-electron chi connectivity index (χ0n) is 16.4. The van der Waals surface area contributed by atoms with Crippen LogP contribution in [0.1, 0.15) is 21.7 Å². The Morgan fingerprint density at radius 2 is 2.10 bits per heavy atom. The topological polar surface area (TPSA) is 87.2 Å². The molecular formula is C21H26N6O2. The lowest BCUT2D eigenvalue weighted by Crippen LogP contribution is -2.38. The normalized spacial score (nSPS) is 17.4. The molecule has 3 aromatic rings. The number of carbonyl (C=O) groups excluding carboxylic acids is 1. The molecule has 1 aromatic carbocycles. The van der Waals surface area contributed by atoms with Crippen LogP contribution in [0.4, 0.5) is 5.69 Å². The third-order valence-electron chi connectivity index (χ3n) is 5.81. The molecule has 29 heavy (non-hydrogen) atoms. The number of fused-ring (bicyclic) bond motifs is 2. The van der Waals surface area contributed by atoms with Crippen molar-refractivity contribution in [3.63, 3.8) is 0 Å². The molecule has 2 aromatic heterocycles. The van der Waals surface area contributed by atoms with Crippen molar-refractivity contribution in [2.45, 2.75) is 19.5 Å². The van der Waals surface area contributed by atoms with E-state index in [2.05, 4.69) is 48.6 Å². The number of amides is 1. The molecule has 0 bridgehead atoms. The monoisotopic (exact) mass is 394 g/mol. The minimum absolute atomic E-state index is 0.169. The van der Waals surface area contributed by atoms with Gasteiger partial charge < -0.3 is 19.9 Å². The summed E-state index contributed by atoms with van der Waals surface area (Å²) in [6.45, 7) is 7.21. The van der Waals surface area contributed by atoms with Gasteiger partial charge in [0, 0.05) is 79.7 Å². The number of H-pyrrole nitrogens is 1. The van der Waals surface area contributed by atoms with Gasteiger partial charge in [-0.25, -0.2) is 0 Å². The fourth-order valence-corrected chi connectivity index (χ4v) is 4.15. The number of ether oxygens (including phenoxy) is 1. The number of nitrogens with zero attached hydrogens (tertiary/aromatic N) is 3. The van der Waals surface area contributed by atoms with Crippen LogP contribution < -0.4 is 10.6 Å². The number of hydrogen-bond donors (Lipinski definition) is 3. The van der Waals surface area contributed by atoms with Crippen molar-refractivity contribution in [2.24, 2.45) is 0 Å². The number of nitrogens with one attached hydrogen (secondary N) is 3. The Bertz CT molecular complexity index is 1020. The first-order chi connectivity index (χ1) is 14.3. The molecule has 0 unspecified atom stereocenters. The zero-order chi connectivity index (χ0) is 19.6. The maximum absolute atomic E-state index is 12.7. The highest BCUT2D eigenvalue weighted by Gasteiger charge is 2.21. The second-order valence-corrected chi connectivity index (χ2v) is 7.65. The molecule has 1 saturated heterocycles. The Morgan fingerprint density at radius 3 is 3.00 bits per heavy atom. The van der Waals surface area contributed by atoms with E-state index in [-0.39, 0.29) is 5.91 Å². The van der Waals surface area contributed by atoms with Crippen LogP contribution in [0.15, 0.2) is 30.5 Å². The molecule has 5 rings (SSSR count). The Kier molecular flexibility index (Phi) is 5.05. The third-order valence-corrected chi connectivity index (χ3v) is 5.81. The molecule has 8 nitrogen and oxygen atoms in total. The Hall–Kier alpha value is -2.68. The van der Waals surface area contributed by atoms with Crippen LogP contribution in [0.3, 0.4) is 0 Å². The van der Waals surface area contributed by atoms with Crippen LogP contribution >= 0.6 is 0 Å². The summed E-state index contributed by atoms with van der Waals surface area (Å²) in [5.74, 6) is -0.169. The minimum Gasteiger partial charge on any atom is -0.379 e. The lowest BCUT2D eigenvalue weighted by Gasteiger charge is -2.26. The van der Waals surface area contributed by atoms with Crippen molar-refractivity contribution in [1.29, 1.82) is 0 Å². The number of benzene rings is 1. The summed E-state index contributed by atoms with van der Waals surface area (Å²) < 4.78 is 7.69. The second kappa shape index (κ2) is 7.98. The summed E-state index contributed by atoms with van der Waals surface area (Å²) in [6, 6.07) is 8.16. The van der Waals surface area contributed by atoms with Crippen molar-refractivity contribution in [3.05, 3.63) is 47.4 Å². The summed E-state index contributed by atoms with van der Waals surface area (Å²) in [5, 5.41) is 14.7. The van der Waals surface area contributed by atoms with Crippen LogP contribution in [0.5, 0.6) is 0 Å². The first-order valence-corrected chi connectivity index (χ1v) is 10.2. The smallest absolute Gasteiger partial charge is 0.276 e. The van der Waals surface area contributed by atoms with E-state index in [0.29, 0.717) is 12.2 Å². The molecule has 3 N–H and O–H groups in total. The van der Waals surface area contributed by atoms with E-state index in [4.69, 9.17) is 4.74 Å². The maximum Gasteiger partial charge on any atom is 0.276 e. The minimum atomic E-state index is -0.169. The molecule has 0 saturated carbocycles. The second-order valence-electron chi connectivity index (χ2n) is 7.65. The van der Waals surface area contributed by atoms with Gasteiger partial charge in [0.05, 0.1) is 13.2 Å². The van der Waals surface area contributed by atoms with Gasteiger partial charge in [-0.05, 0) is 24.3 Å². The lowest BCUT2D eigenvalue weighted by atomic mass is 10.1. The molecule has 152 valence electrons. The van der Waals surface area contributed by atoms with Crippen LogP contribution in [0.25, 0.3) is 10.9 Å². The summed E-state index contributed by atoms with van der Waals surface area (Å²) in [5.41, 5.74) is 4.48.